The molecule has 3 unspecified atom stereocenters. The first-order chi connectivity index (χ1) is 10.2. The van der Waals surface area contributed by atoms with Crippen molar-refractivity contribution >= 4 is 0 Å². The Labute approximate surface area is 130 Å². The van der Waals surface area contributed by atoms with E-state index in [-0.39, 0.29) is 0 Å². The molecule has 3 atom stereocenters. The van der Waals surface area contributed by atoms with Gasteiger partial charge in [0.15, 0.2) is 0 Å². The van der Waals surface area contributed by atoms with Crippen molar-refractivity contribution < 1.29 is 0 Å². The molecule has 2 nitrogen and oxygen atoms in total. The lowest BCUT2D eigenvalue weighted by Gasteiger charge is -2.41. The number of hydrogen-bond acceptors (Lipinski definition) is 2. The van der Waals surface area contributed by atoms with Gasteiger partial charge in [0.05, 0.1) is 0 Å². The van der Waals surface area contributed by atoms with E-state index in [1.54, 1.807) is 0 Å². The summed E-state index contributed by atoms with van der Waals surface area (Å²) in [6.45, 7) is 5.35. The minimum Gasteiger partial charge on any atom is -0.330 e. The second kappa shape index (κ2) is 7.95. The van der Waals surface area contributed by atoms with Crippen molar-refractivity contribution in [2.75, 3.05) is 13.6 Å². The Morgan fingerprint density at radius 1 is 1.14 bits per heavy atom. The van der Waals surface area contributed by atoms with Crippen LogP contribution in [-0.2, 0) is 6.42 Å². The van der Waals surface area contributed by atoms with Gasteiger partial charge in [0.25, 0.3) is 0 Å². The predicted molar refractivity (Wildman–Crippen MR) is 91.4 cm³/mol. The molecule has 1 aromatic carbocycles. The highest BCUT2D eigenvalue weighted by atomic mass is 15.2. The van der Waals surface area contributed by atoms with E-state index in [2.05, 4.69) is 50.1 Å². The van der Waals surface area contributed by atoms with Crippen molar-refractivity contribution in [2.45, 2.75) is 64.5 Å². The summed E-state index contributed by atoms with van der Waals surface area (Å²) in [6.07, 6.45) is 7.60. The molecule has 1 aliphatic carbocycles. The van der Waals surface area contributed by atoms with Crippen molar-refractivity contribution in [3.05, 3.63) is 35.4 Å². The normalized spacial score (nSPS) is 24.2. The predicted octanol–water partition coefficient (Wildman–Crippen LogP) is 4.15. The molecule has 2 N–H and O–H groups in total. The van der Waals surface area contributed by atoms with Gasteiger partial charge in [-0.2, -0.15) is 0 Å². The smallest absolute Gasteiger partial charge is 0.0345 e. The molecule has 2 heteroatoms. The van der Waals surface area contributed by atoms with Crippen LogP contribution < -0.4 is 5.73 Å². The van der Waals surface area contributed by atoms with Crippen LogP contribution in [0.1, 0.15) is 63.1 Å². The van der Waals surface area contributed by atoms with Crippen LogP contribution in [0.15, 0.2) is 24.3 Å². The fraction of sp³-hybridized carbons (Fsp3) is 0.684. The molecule has 0 amide bonds. The molecular formula is C19H32N2. The van der Waals surface area contributed by atoms with Crippen LogP contribution in [-0.4, -0.2) is 24.5 Å². The number of benzene rings is 1. The first kappa shape index (κ1) is 16.5. The molecule has 0 spiro atoms. The van der Waals surface area contributed by atoms with E-state index in [4.69, 9.17) is 5.73 Å². The van der Waals surface area contributed by atoms with Gasteiger partial charge in [0.1, 0.15) is 0 Å². The van der Waals surface area contributed by atoms with E-state index in [0.717, 1.165) is 19.4 Å². The second-order valence-electron chi connectivity index (χ2n) is 6.53. The van der Waals surface area contributed by atoms with Gasteiger partial charge >= 0.3 is 0 Å². The molecule has 0 saturated heterocycles. The van der Waals surface area contributed by atoms with Gasteiger partial charge in [0.2, 0.25) is 0 Å². The van der Waals surface area contributed by atoms with E-state index in [1.807, 2.05) is 0 Å². The zero-order chi connectivity index (χ0) is 15.2. The molecule has 0 heterocycles. The fourth-order valence-corrected chi connectivity index (χ4v) is 3.96. The molecule has 1 saturated carbocycles. The Morgan fingerprint density at radius 2 is 1.81 bits per heavy atom. The third-order valence-electron chi connectivity index (χ3n) is 5.35. The van der Waals surface area contributed by atoms with Gasteiger partial charge in [0, 0.05) is 12.1 Å². The molecular weight excluding hydrogens is 256 g/mol. The molecule has 0 radical (unpaired) electrons. The van der Waals surface area contributed by atoms with Crippen molar-refractivity contribution in [2.24, 2.45) is 11.7 Å². The summed E-state index contributed by atoms with van der Waals surface area (Å²) >= 11 is 0. The van der Waals surface area contributed by atoms with E-state index in [0.29, 0.717) is 18.0 Å². The van der Waals surface area contributed by atoms with Crippen LogP contribution in [0.2, 0.25) is 0 Å². The van der Waals surface area contributed by atoms with Gasteiger partial charge in [-0.25, -0.2) is 0 Å². The molecule has 118 valence electrons. The Hall–Kier alpha value is -0.860. The number of aryl methyl sites for hydroxylation is 1. The van der Waals surface area contributed by atoms with Crippen LogP contribution in [0.25, 0.3) is 0 Å². The van der Waals surface area contributed by atoms with Crippen LogP contribution in [0.5, 0.6) is 0 Å². The van der Waals surface area contributed by atoms with Crippen LogP contribution in [0.3, 0.4) is 0 Å². The molecule has 0 bridgehead atoms. The Morgan fingerprint density at radius 3 is 2.38 bits per heavy atom. The zero-order valence-electron chi connectivity index (χ0n) is 14.0. The third-order valence-corrected chi connectivity index (χ3v) is 5.35. The molecule has 1 aromatic rings. The van der Waals surface area contributed by atoms with Crippen molar-refractivity contribution in [1.29, 1.82) is 0 Å². The highest BCUT2D eigenvalue weighted by Gasteiger charge is 2.30. The Kier molecular flexibility index (Phi) is 6.25. The van der Waals surface area contributed by atoms with Gasteiger partial charge in [-0.15, -0.1) is 0 Å². The summed E-state index contributed by atoms with van der Waals surface area (Å²) in [5.41, 5.74) is 8.90. The lowest BCUT2D eigenvalue weighted by atomic mass is 9.82. The van der Waals surface area contributed by atoms with Gasteiger partial charge in [-0.05, 0) is 56.3 Å². The van der Waals surface area contributed by atoms with Crippen molar-refractivity contribution in [1.82, 2.24) is 4.90 Å². The summed E-state index contributed by atoms with van der Waals surface area (Å²) < 4.78 is 0. The van der Waals surface area contributed by atoms with Crippen LogP contribution in [0.4, 0.5) is 0 Å². The largest absolute Gasteiger partial charge is 0.330 e. The number of nitrogens with two attached hydrogens (primary N) is 1. The highest BCUT2D eigenvalue weighted by Crippen LogP contribution is 2.33. The highest BCUT2D eigenvalue weighted by molar-refractivity contribution is 5.25. The van der Waals surface area contributed by atoms with Crippen molar-refractivity contribution in [3.63, 3.8) is 0 Å². The maximum atomic E-state index is 6.02. The van der Waals surface area contributed by atoms with Crippen LogP contribution >= 0.6 is 0 Å². The molecule has 2 rings (SSSR count). The summed E-state index contributed by atoms with van der Waals surface area (Å²) in [5.74, 6) is 0.674. The van der Waals surface area contributed by atoms with Crippen molar-refractivity contribution in [3.8, 4) is 0 Å². The summed E-state index contributed by atoms with van der Waals surface area (Å²) in [4.78, 5) is 2.61. The summed E-state index contributed by atoms with van der Waals surface area (Å²) in [5, 5.41) is 0. The summed E-state index contributed by atoms with van der Waals surface area (Å²) in [6, 6.07) is 10.4. The number of nitrogens with zero attached hydrogens (tertiary/aromatic N) is 1. The first-order valence-corrected chi connectivity index (χ1v) is 8.72. The van der Waals surface area contributed by atoms with E-state index < -0.39 is 0 Å². The lowest BCUT2D eigenvalue weighted by molar-refractivity contribution is 0.0895. The van der Waals surface area contributed by atoms with Crippen LogP contribution in [0, 0.1) is 5.92 Å². The van der Waals surface area contributed by atoms with Gasteiger partial charge in [-0.1, -0.05) is 51.0 Å². The minimum absolute atomic E-state index is 0.521. The minimum atomic E-state index is 0.521. The van der Waals surface area contributed by atoms with E-state index >= 15 is 0 Å². The monoisotopic (exact) mass is 288 g/mol. The standard InChI is InChI=1S/C19H32N2/c1-4-15-10-12-16(13-11-15)18(5-2)21(3)19-9-7-6-8-17(19)14-20/h10-13,17-19H,4-9,14,20H2,1-3H3. The first-order valence-electron chi connectivity index (χ1n) is 8.72. The molecule has 0 aliphatic heterocycles. The third kappa shape index (κ3) is 3.87. The SMILES string of the molecule is CCc1ccc(C(CC)N(C)C2CCCCC2CN)cc1. The zero-order valence-corrected chi connectivity index (χ0v) is 14.0. The fourth-order valence-electron chi connectivity index (χ4n) is 3.96. The molecule has 21 heavy (non-hydrogen) atoms. The second-order valence-corrected chi connectivity index (χ2v) is 6.53. The van der Waals surface area contributed by atoms with Gasteiger partial charge in [-0.3, -0.25) is 4.90 Å². The summed E-state index contributed by atoms with van der Waals surface area (Å²) in [7, 11) is 2.31. The Balaban J connectivity index is 2.14. The molecule has 1 aliphatic rings. The average Bonchev–Trinajstić information content (AvgIpc) is 2.56. The molecule has 0 aromatic heterocycles. The van der Waals surface area contributed by atoms with E-state index in [1.165, 1.54) is 36.8 Å². The van der Waals surface area contributed by atoms with Gasteiger partial charge < -0.3 is 5.73 Å². The number of hydrogen-bond donors (Lipinski definition) is 1. The number of rotatable bonds is 6. The quantitative estimate of drug-likeness (QED) is 0.852. The topological polar surface area (TPSA) is 29.3 Å². The lowest BCUT2D eigenvalue weighted by Crippen LogP contribution is -2.44. The molecule has 1 fully saturated rings. The Bertz CT molecular complexity index is 412. The maximum Gasteiger partial charge on any atom is 0.0345 e. The van der Waals surface area contributed by atoms with E-state index in [9.17, 15) is 0 Å². The maximum absolute atomic E-state index is 6.02. The average molecular weight is 288 g/mol.